The topological polar surface area (TPSA) is 105 Å². The fourth-order valence-electron chi connectivity index (χ4n) is 4.51. The number of amides is 2. The number of allylic oxidation sites excluding steroid dienone is 1. The molecule has 2 amide bonds. The highest BCUT2D eigenvalue weighted by Crippen LogP contribution is 2.44. The monoisotopic (exact) mass is 462 g/mol. The highest BCUT2D eigenvalue weighted by atomic mass is 16.5. The van der Waals surface area contributed by atoms with Gasteiger partial charge in [-0.1, -0.05) is 67.4 Å². The summed E-state index contributed by atoms with van der Waals surface area (Å²) in [6.07, 6.45) is 4.09. The molecule has 1 fully saturated rings. The average molecular weight is 463 g/mol. The third-order valence-corrected chi connectivity index (χ3v) is 6.49. The fraction of sp³-hybridized carbons (Fsp3) is 0.370. The quantitative estimate of drug-likeness (QED) is 0.434. The molecule has 2 aliphatic rings. The van der Waals surface area contributed by atoms with E-state index in [-0.39, 0.29) is 18.9 Å². The second kappa shape index (κ2) is 10.5. The van der Waals surface area contributed by atoms with Crippen LogP contribution in [0.4, 0.5) is 4.79 Å². The molecule has 0 spiro atoms. The number of hydrogen-bond donors (Lipinski definition) is 3. The molecule has 2 aromatic carbocycles. The van der Waals surface area contributed by atoms with E-state index in [1.54, 1.807) is 6.08 Å². The van der Waals surface area contributed by atoms with Gasteiger partial charge in [-0.15, -0.1) is 6.58 Å². The fourth-order valence-corrected chi connectivity index (χ4v) is 4.51. The van der Waals surface area contributed by atoms with Gasteiger partial charge in [-0.3, -0.25) is 4.79 Å². The lowest BCUT2D eigenvalue weighted by Gasteiger charge is -2.22. The summed E-state index contributed by atoms with van der Waals surface area (Å²) in [5, 5.41) is 14.6. The predicted molar refractivity (Wildman–Crippen MR) is 128 cm³/mol. The maximum absolute atomic E-state index is 12.8. The smallest absolute Gasteiger partial charge is 0.407 e. The zero-order chi connectivity index (χ0) is 24.1. The molecule has 0 saturated heterocycles. The van der Waals surface area contributed by atoms with Crippen molar-refractivity contribution in [2.45, 2.75) is 50.1 Å². The Labute approximate surface area is 199 Å². The number of aliphatic carboxylic acids is 1. The molecule has 2 aliphatic carbocycles. The summed E-state index contributed by atoms with van der Waals surface area (Å²) >= 11 is 0. The number of alkyl carbamates (subject to hydrolysis) is 1. The number of nitrogens with one attached hydrogen (secondary N) is 2. The first-order chi connectivity index (χ1) is 16.5. The summed E-state index contributed by atoms with van der Waals surface area (Å²) in [6, 6.07) is 14.3. The number of benzene rings is 2. The van der Waals surface area contributed by atoms with Gasteiger partial charge in [0.05, 0.1) is 0 Å². The van der Waals surface area contributed by atoms with Crippen molar-refractivity contribution in [3.8, 4) is 11.1 Å². The Bertz CT molecular complexity index is 1030. The second-order valence-electron chi connectivity index (χ2n) is 8.97. The molecule has 7 nitrogen and oxygen atoms in total. The molecule has 0 aromatic heterocycles. The normalized spacial score (nSPS) is 16.0. The minimum atomic E-state index is -1.11. The molecule has 1 saturated carbocycles. The van der Waals surface area contributed by atoms with E-state index in [4.69, 9.17) is 4.74 Å². The van der Waals surface area contributed by atoms with Crippen LogP contribution in [-0.4, -0.2) is 41.8 Å². The second-order valence-corrected chi connectivity index (χ2v) is 8.97. The molecule has 0 radical (unpaired) electrons. The van der Waals surface area contributed by atoms with Gasteiger partial charge in [-0.25, -0.2) is 9.59 Å². The molecule has 2 atom stereocenters. The molecular formula is C27H30N2O5. The first-order valence-electron chi connectivity index (χ1n) is 11.7. The average Bonchev–Trinajstić information content (AvgIpc) is 3.60. The van der Waals surface area contributed by atoms with Crippen molar-refractivity contribution >= 4 is 18.0 Å². The van der Waals surface area contributed by atoms with Crippen molar-refractivity contribution in [2.24, 2.45) is 5.92 Å². The van der Waals surface area contributed by atoms with E-state index < -0.39 is 30.1 Å². The van der Waals surface area contributed by atoms with Gasteiger partial charge in [0, 0.05) is 5.92 Å². The van der Waals surface area contributed by atoms with Crippen LogP contribution in [0.2, 0.25) is 0 Å². The van der Waals surface area contributed by atoms with Crippen LogP contribution < -0.4 is 10.6 Å². The van der Waals surface area contributed by atoms with Gasteiger partial charge in [-0.05, 0) is 47.4 Å². The van der Waals surface area contributed by atoms with Crippen molar-refractivity contribution in [3.05, 3.63) is 72.3 Å². The lowest BCUT2D eigenvalue weighted by atomic mass is 9.98. The highest BCUT2D eigenvalue weighted by Gasteiger charge is 2.33. The van der Waals surface area contributed by atoms with Gasteiger partial charge in [0.15, 0.2) is 0 Å². The number of ether oxygens (including phenoxy) is 1. The molecule has 34 heavy (non-hydrogen) atoms. The molecule has 4 rings (SSSR count). The van der Waals surface area contributed by atoms with Gasteiger partial charge in [-0.2, -0.15) is 0 Å². The Hall–Kier alpha value is -3.61. The zero-order valence-corrected chi connectivity index (χ0v) is 19.0. The van der Waals surface area contributed by atoms with Crippen LogP contribution in [-0.2, 0) is 14.3 Å². The van der Waals surface area contributed by atoms with Gasteiger partial charge in [0.2, 0.25) is 5.91 Å². The summed E-state index contributed by atoms with van der Waals surface area (Å²) in [4.78, 5) is 37.0. The van der Waals surface area contributed by atoms with Crippen LogP contribution >= 0.6 is 0 Å². The lowest BCUT2D eigenvalue weighted by Crippen LogP contribution is -2.52. The molecule has 1 unspecified atom stereocenters. The van der Waals surface area contributed by atoms with Crippen molar-refractivity contribution in [2.75, 3.05) is 6.61 Å². The summed E-state index contributed by atoms with van der Waals surface area (Å²) in [5.74, 6) is -1.34. The number of carboxylic acid groups (broad SMARTS) is 1. The van der Waals surface area contributed by atoms with E-state index in [2.05, 4.69) is 29.3 Å². The Morgan fingerprint density at radius 1 is 1.00 bits per heavy atom. The minimum Gasteiger partial charge on any atom is -0.480 e. The van der Waals surface area contributed by atoms with E-state index in [1.807, 2.05) is 36.4 Å². The molecule has 178 valence electrons. The van der Waals surface area contributed by atoms with Crippen molar-refractivity contribution in [1.29, 1.82) is 0 Å². The van der Waals surface area contributed by atoms with Crippen LogP contribution in [0.1, 0.15) is 49.1 Å². The zero-order valence-electron chi connectivity index (χ0n) is 19.0. The largest absolute Gasteiger partial charge is 0.480 e. The predicted octanol–water partition coefficient (Wildman–Crippen LogP) is 4.23. The number of carbonyl (C=O) groups is 3. The first kappa shape index (κ1) is 23.5. The van der Waals surface area contributed by atoms with Crippen molar-refractivity contribution < 1.29 is 24.2 Å². The van der Waals surface area contributed by atoms with Crippen molar-refractivity contribution in [3.63, 3.8) is 0 Å². The number of hydrogen-bond acceptors (Lipinski definition) is 4. The van der Waals surface area contributed by atoms with Crippen LogP contribution in [0.25, 0.3) is 11.1 Å². The van der Waals surface area contributed by atoms with Crippen LogP contribution in [0, 0.1) is 5.92 Å². The number of carboxylic acids is 1. The highest BCUT2D eigenvalue weighted by molar-refractivity contribution is 5.89. The number of fused-ring (bicyclic) bond motifs is 3. The Balaban J connectivity index is 1.39. The van der Waals surface area contributed by atoms with Crippen molar-refractivity contribution in [1.82, 2.24) is 10.6 Å². The number of rotatable bonds is 11. The maximum Gasteiger partial charge on any atom is 0.407 e. The van der Waals surface area contributed by atoms with Gasteiger partial charge >= 0.3 is 12.1 Å². The number of carbonyl (C=O) groups excluding carboxylic acids is 2. The molecule has 2 aromatic rings. The van der Waals surface area contributed by atoms with Crippen LogP contribution in [0.15, 0.2) is 61.2 Å². The summed E-state index contributed by atoms with van der Waals surface area (Å²) in [5.41, 5.74) is 4.49. The SMILES string of the molecule is C=CCCC(NC(=O)[C@H](CC1CC1)NC(=O)OCC1c2ccccc2-c2ccccc21)C(=O)O. The first-order valence-corrected chi connectivity index (χ1v) is 11.7. The van der Waals surface area contributed by atoms with E-state index >= 15 is 0 Å². The Kier molecular flexibility index (Phi) is 7.30. The summed E-state index contributed by atoms with van der Waals surface area (Å²) in [7, 11) is 0. The van der Waals surface area contributed by atoms with E-state index in [1.165, 1.54) is 0 Å². The molecule has 0 heterocycles. The van der Waals surface area contributed by atoms with Crippen LogP contribution in [0.5, 0.6) is 0 Å². The summed E-state index contributed by atoms with van der Waals surface area (Å²) in [6.45, 7) is 3.74. The van der Waals surface area contributed by atoms with Gasteiger partial charge in [0.1, 0.15) is 18.7 Å². The van der Waals surface area contributed by atoms with Gasteiger partial charge in [0.25, 0.3) is 0 Å². The van der Waals surface area contributed by atoms with E-state index in [0.29, 0.717) is 18.8 Å². The molecule has 3 N–H and O–H groups in total. The van der Waals surface area contributed by atoms with E-state index in [9.17, 15) is 19.5 Å². The van der Waals surface area contributed by atoms with Gasteiger partial charge < -0.3 is 20.5 Å². The summed E-state index contributed by atoms with van der Waals surface area (Å²) < 4.78 is 5.58. The molecule has 0 aliphatic heterocycles. The van der Waals surface area contributed by atoms with Crippen LogP contribution in [0.3, 0.4) is 0 Å². The Morgan fingerprint density at radius 3 is 2.18 bits per heavy atom. The third kappa shape index (κ3) is 5.47. The lowest BCUT2D eigenvalue weighted by molar-refractivity contribution is -0.142. The third-order valence-electron chi connectivity index (χ3n) is 6.49. The standard InChI is InChI=1S/C27H30N2O5/c1-2-3-12-23(26(31)32)28-25(30)24(15-17-13-14-17)29-27(33)34-16-22-20-10-6-4-8-18(20)19-9-5-7-11-21(19)22/h2,4-11,17,22-24H,1,3,12-16H2,(H,28,30)(H,29,33)(H,31,32)/t23?,24-/m0/s1. The molecule has 7 heteroatoms. The van der Waals surface area contributed by atoms with E-state index in [0.717, 1.165) is 35.1 Å². The maximum atomic E-state index is 12.8. The molecule has 0 bridgehead atoms. The molecular weight excluding hydrogens is 432 g/mol. The minimum absolute atomic E-state index is 0.0795. The Morgan fingerprint density at radius 2 is 1.62 bits per heavy atom.